The second-order valence-corrected chi connectivity index (χ2v) is 5.39. The Bertz CT molecular complexity index is 822. The fourth-order valence-electron chi connectivity index (χ4n) is 2.84. The summed E-state index contributed by atoms with van der Waals surface area (Å²) in [6, 6.07) is 0.768. The number of amides is 1. The number of carbonyl (C=O) groups is 2. The summed E-state index contributed by atoms with van der Waals surface area (Å²) in [6.07, 6.45) is 3.22. The third-order valence-electron chi connectivity index (χ3n) is 3.80. The number of rotatable bonds is 2. The zero-order valence-corrected chi connectivity index (χ0v) is 12.6. The van der Waals surface area contributed by atoms with Gasteiger partial charge < -0.3 is 10.0 Å². The number of hydrogen-bond acceptors (Lipinski definition) is 4. The molecule has 1 N–H and O–H groups in total. The van der Waals surface area contributed by atoms with Crippen LogP contribution in [0.1, 0.15) is 21.7 Å². The normalized spacial score (nSPS) is 17.4. The summed E-state index contributed by atoms with van der Waals surface area (Å²) < 4.78 is 1.63. The Labute approximate surface area is 126 Å². The lowest BCUT2D eigenvalue weighted by molar-refractivity contribution is -0.140. The largest absolute Gasteiger partial charge is 0.479 e. The molecule has 0 saturated carbocycles. The van der Waals surface area contributed by atoms with E-state index in [1.54, 1.807) is 30.8 Å². The molecule has 0 spiro atoms. The number of carbonyl (C=O) groups excluding carboxylic acids is 1. The number of fused-ring (bicyclic) bond motifs is 1. The number of aryl methyl sites for hydroxylation is 3. The van der Waals surface area contributed by atoms with Gasteiger partial charge in [0.2, 0.25) is 0 Å². The van der Waals surface area contributed by atoms with E-state index in [2.05, 4.69) is 10.1 Å². The van der Waals surface area contributed by atoms with Gasteiger partial charge in [0.05, 0.1) is 16.6 Å². The highest BCUT2D eigenvalue weighted by Gasteiger charge is 2.32. The van der Waals surface area contributed by atoms with Crippen molar-refractivity contribution in [1.29, 1.82) is 0 Å². The number of aliphatic carboxylic acids is 1. The van der Waals surface area contributed by atoms with Gasteiger partial charge in [-0.2, -0.15) is 5.10 Å². The Morgan fingerprint density at radius 3 is 2.77 bits per heavy atom. The number of nitrogens with zero attached hydrogens (tertiary/aromatic N) is 4. The van der Waals surface area contributed by atoms with E-state index in [4.69, 9.17) is 0 Å². The van der Waals surface area contributed by atoms with Crippen molar-refractivity contribution in [2.45, 2.75) is 19.9 Å². The van der Waals surface area contributed by atoms with Crippen LogP contribution in [-0.2, 0) is 11.8 Å². The molecule has 3 heterocycles. The summed E-state index contributed by atoms with van der Waals surface area (Å²) in [7, 11) is 1.77. The van der Waals surface area contributed by atoms with Crippen molar-refractivity contribution >= 4 is 22.9 Å². The highest BCUT2D eigenvalue weighted by molar-refractivity contribution is 6.08. The summed E-state index contributed by atoms with van der Waals surface area (Å²) in [5.74, 6) is -1.35. The highest BCUT2D eigenvalue weighted by atomic mass is 16.4. The number of pyridine rings is 1. The predicted molar refractivity (Wildman–Crippen MR) is 79.6 cm³/mol. The predicted octanol–water partition coefficient (Wildman–Crippen LogP) is 1.05. The molecular formula is C15H16N4O3. The first-order valence-electron chi connectivity index (χ1n) is 6.91. The zero-order chi connectivity index (χ0) is 16.0. The van der Waals surface area contributed by atoms with Gasteiger partial charge in [-0.05, 0) is 19.9 Å². The molecule has 0 radical (unpaired) electrons. The minimum Gasteiger partial charge on any atom is -0.479 e. The molecule has 3 rings (SSSR count). The van der Waals surface area contributed by atoms with E-state index in [0.29, 0.717) is 28.0 Å². The van der Waals surface area contributed by atoms with Crippen molar-refractivity contribution < 1.29 is 14.7 Å². The molecule has 22 heavy (non-hydrogen) atoms. The molecular weight excluding hydrogens is 284 g/mol. The van der Waals surface area contributed by atoms with Gasteiger partial charge in [0.1, 0.15) is 6.04 Å². The molecule has 1 aliphatic rings. The quantitative estimate of drug-likeness (QED) is 0.837. The summed E-state index contributed by atoms with van der Waals surface area (Å²) in [6.45, 7) is 3.90. The first-order valence-corrected chi connectivity index (χ1v) is 6.91. The van der Waals surface area contributed by atoms with Crippen molar-refractivity contribution in [2.75, 3.05) is 6.54 Å². The maximum Gasteiger partial charge on any atom is 0.330 e. The smallest absolute Gasteiger partial charge is 0.330 e. The van der Waals surface area contributed by atoms with Crippen LogP contribution in [0.25, 0.3) is 11.0 Å². The third kappa shape index (κ3) is 2.05. The first kappa shape index (κ1) is 14.2. The van der Waals surface area contributed by atoms with Gasteiger partial charge in [-0.25, -0.2) is 9.78 Å². The van der Waals surface area contributed by atoms with E-state index in [0.717, 1.165) is 0 Å². The van der Waals surface area contributed by atoms with Crippen LogP contribution in [0.3, 0.4) is 0 Å². The first-order chi connectivity index (χ1) is 10.4. The van der Waals surface area contributed by atoms with Gasteiger partial charge in [0.25, 0.3) is 5.91 Å². The van der Waals surface area contributed by atoms with Gasteiger partial charge in [0, 0.05) is 19.3 Å². The van der Waals surface area contributed by atoms with Crippen LogP contribution in [0, 0.1) is 13.8 Å². The van der Waals surface area contributed by atoms with E-state index >= 15 is 0 Å². The summed E-state index contributed by atoms with van der Waals surface area (Å²) >= 11 is 0. The van der Waals surface area contributed by atoms with E-state index in [-0.39, 0.29) is 12.5 Å². The van der Waals surface area contributed by atoms with Crippen molar-refractivity contribution in [1.82, 2.24) is 19.7 Å². The van der Waals surface area contributed by atoms with Crippen LogP contribution in [0.15, 0.2) is 18.2 Å². The van der Waals surface area contributed by atoms with Gasteiger partial charge in [-0.15, -0.1) is 0 Å². The van der Waals surface area contributed by atoms with Crippen molar-refractivity contribution in [2.24, 2.45) is 7.05 Å². The maximum absolute atomic E-state index is 12.8. The molecule has 7 heteroatoms. The molecule has 114 valence electrons. The number of carboxylic acids is 1. The van der Waals surface area contributed by atoms with Crippen molar-refractivity contribution in [3.05, 3.63) is 35.2 Å². The Hall–Kier alpha value is -2.70. The molecule has 0 aromatic carbocycles. The Morgan fingerprint density at radius 2 is 2.09 bits per heavy atom. The number of aromatic nitrogens is 3. The summed E-state index contributed by atoms with van der Waals surface area (Å²) in [5.41, 5.74) is 2.47. The van der Waals surface area contributed by atoms with Crippen molar-refractivity contribution in [3.63, 3.8) is 0 Å². The fourth-order valence-corrected chi connectivity index (χ4v) is 2.84. The van der Waals surface area contributed by atoms with Gasteiger partial charge in [-0.3, -0.25) is 9.48 Å². The molecule has 0 saturated heterocycles. The van der Waals surface area contributed by atoms with E-state index in [9.17, 15) is 14.7 Å². The molecule has 1 amide bonds. The Balaban J connectivity index is 2.14. The molecule has 0 aliphatic carbocycles. The molecule has 1 atom stereocenters. The average Bonchev–Trinajstić information content (AvgIpc) is 3.03. The second kappa shape index (κ2) is 4.94. The summed E-state index contributed by atoms with van der Waals surface area (Å²) in [4.78, 5) is 29.9. The second-order valence-electron chi connectivity index (χ2n) is 5.39. The SMILES string of the molecule is Cc1cc(C(=O)N2CC=C[C@@H]2C(=O)O)c2c(C)nn(C)c2n1. The Kier molecular flexibility index (Phi) is 3.20. The third-order valence-corrected chi connectivity index (χ3v) is 3.80. The van der Waals surface area contributed by atoms with E-state index < -0.39 is 12.0 Å². The number of carboxylic acid groups (broad SMARTS) is 1. The van der Waals surface area contributed by atoms with Gasteiger partial charge >= 0.3 is 5.97 Å². The highest BCUT2D eigenvalue weighted by Crippen LogP contribution is 2.24. The minimum atomic E-state index is -1.04. The lowest BCUT2D eigenvalue weighted by Crippen LogP contribution is -2.41. The molecule has 7 nitrogen and oxygen atoms in total. The van der Waals surface area contributed by atoms with Gasteiger partial charge in [0.15, 0.2) is 5.65 Å². The standard InChI is InChI=1S/C15H16N4O3/c1-8-7-10(12-9(2)17-18(3)13(12)16-8)14(20)19-6-4-5-11(19)15(21)22/h4-5,7,11H,6H2,1-3H3,(H,21,22)/t11-/m1/s1. The molecule has 2 aromatic rings. The van der Waals surface area contributed by atoms with Crippen LogP contribution in [0.2, 0.25) is 0 Å². The monoisotopic (exact) mass is 300 g/mol. The van der Waals surface area contributed by atoms with Crippen LogP contribution in [0.5, 0.6) is 0 Å². The average molecular weight is 300 g/mol. The van der Waals surface area contributed by atoms with Gasteiger partial charge in [-0.1, -0.05) is 12.2 Å². The van der Waals surface area contributed by atoms with Crippen LogP contribution >= 0.6 is 0 Å². The molecule has 0 bridgehead atoms. The molecule has 0 fully saturated rings. The lowest BCUT2D eigenvalue weighted by Gasteiger charge is -2.22. The lowest BCUT2D eigenvalue weighted by atomic mass is 10.1. The van der Waals surface area contributed by atoms with Crippen molar-refractivity contribution in [3.8, 4) is 0 Å². The van der Waals surface area contributed by atoms with Crippen LogP contribution < -0.4 is 0 Å². The molecule has 2 aromatic heterocycles. The summed E-state index contributed by atoms with van der Waals surface area (Å²) in [5, 5.41) is 14.2. The Morgan fingerprint density at radius 1 is 1.36 bits per heavy atom. The maximum atomic E-state index is 12.8. The molecule has 1 aliphatic heterocycles. The van der Waals surface area contributed by atoms with Crippen LogP contribution in [0.4, 0.5) is 0 Å². The topological polar surface area (TPSA) is 88.3 Å². The fraction of sp³-hybridized carbons (Fsp3) is 0.333. The zero-order valence-electron chi connectivity index (χ0n) is 12.6. The minimum absolute atomic E-state index is 0.290. The van der Waals surface area contributed by atoms with E-state index in [1.165, 1.54) is 11.0 Å². The van der Waals surface area contributed by atoms with E-state index in [1.807, 2.05) is 6.92 Å². The van der Waals surface area contributed by atoms with Crippen LogP contribution in [-0.4, -0.2) is 49.2 Å². The molecule has 0 unspecified atom stereocenters. The number of hydrogen-bond donors (Lipinski definition) is 1.